The molecule has 0 amide bonds. The van der Waals surface area contributed by atoms with Crippen molar-refractivity contribution in [3.8, 4) is 5.75 Å². The number of carbonyl (C=O) groups is 2. The largest absolute Gasteiger partial charge is 0.494 e. The van der Waals surface area contributed by atoms with E-state index in [1.807, 2.05) is 6.92 Å². The summed E-state index contributed by atoms with van der Waals surface area (Å²) < 4.78 is 36.0. The van der Waals surface area contributed by atoms with Crippen molar-refractivity contribution >= 4 is 21.8 Å². The van der Waals surface area contributed by atoms with E-state index in [0.717, 1.165) is 4.31 Å². The van der Waals surface area contributed by atoms with Crippen LogP contribution >= 0.6 is 0 Å². The molecule has 0 radical (unpaired) electrons. The number of rotatable bonds is 8. The normalized spacial score (nSPS) is 11.3. The summed E-state index contributed by atoms with van der Waals surface area (Å²) in [4.78, 5) is 24.6. The maximum atomic E-state index is 12.4. The van der Waals surface area contributed by atoms with Crippen LogP contribution in [-0.4, -0.2) is 51.8 Å². The van der Waals surface area contributed by atoms with Gasteiger partial charge in [0.15, 0.2) is 12.4 Å². The summed E-state index contributed by atoms with van der Waals surface area (Å²) >= 11 is 0. The van der Waals surface area contributed by atoms with E-state index in [0.29, 0.717) is 23.5 Å². The number of sulfonamides is 1. The fourth-order valence-electron chi connectivity index (χ4n) is 2.39. The molecule has 2 aromatic carbocycles. The van der Waals surface area contributed by atoms with E-state index in [9.17, 15) is 18.0 Å². The third-order valence-corrected chi connectivity index (χ3v) is 5.84. The summed E-state index contributed by atoms with van der Waals surface area (Å²) in [7, 11) is -0.875. The SMILES string of the molecule is CCOc1ccc(C(=O)COC(=O)c2cc(S(=O)(=O)N(C)C)ccc2C)cc1. The van der Waals surface area contributed by atoms with E-state index in [2.05, 4.69) is 0 Å². The van der Waals surface area contributed by atoms with Gasteiger partial charge in [-0.3, -0.25) is 4.79 Å². The first-order chi connectivity index (χ1) is 13.2. The number of benzene rings is 2. The van der Waals surface area contributed by atoms with Gasteiger partial charge in [-0.05, 0) is 55.8 Å². The Morgan fingerprint density at radius 1 is 1.04 bits per heavy atom. The number of hydrogen-bond acceptors (Lipinski definition) is 6. The molecular weight excluding hydrogens is 382 g/mol. The second kappa shape index (κ2) is 8.99. The second-order valence-electron chi connectivity index (χ2n) is 6.22. The molecule has 2 aromatic rings. The molecule has 0 fully saturated rings. The van der Waals surface area contributed by atoms with Crippen LogP contribution in [0.1, 0.15) is 33.2 Å². The number of nitrogens with zero attached hydrogens (tertiary/aromatic N) is 1. The van der Waals surface area contributed by atoms with Crippen LogP contribution in [0.3, 0.4) is 0 Å². The molecule has 0 aliphatic rings. The Morgan fingerprint density at radius 3 is 2.25 bits per heavy atom. The summed E-state index contributed by atoms with van der Waals surface area (Å²) in [6.45, 7) is 3.60. The van der Waals surface area contributed by atoms with Crippen molar-refractivity contribution in [2.24, 2.45) is 0 Å². The Morgan fingerprint density at radius 2 is 1.68 bits per heavy atom. The number of Topliss-reactive ketones (excluding diaryl/α,β-unsaturated/α-hetero) is 1. The molecule has 0 N–H and O–H groups in total. The average Bonchev–Trinajstić information content (AvgIpc) is 2.66. The molecule has 0 unspecified atom stereocenters. The zero-order valence-electron chi connectivity index (χ0n) is 16.3. The third-order valence-electron chi connectivity index (χ3n) is 4.03. The summed E-state index contributed by atoms with van der Waals surface area (Å²) in [5.74, 6) is -0.482. The molecule has 28 heavy (non-hydrogen) atoms. The minimum Gasteiger partial charge on any atom is -0.494 e. The van der Waals surface area contributed by atoms with Gasteiger partial charge in [0.1, 0.15) is 5.75 Å². The van der Waals surface area contributed by atoms with Crippen molar-refractivity contribution in [1.82, 2.24) is 4.31 Å². The van der Waals surface area contributed by atoms with Gasteiger partial charge in [-0.2, -0.15) is 0 Å². The summed E-state index contributed by atoms with van der Waals surface area (Å²) in [5.41, 5.74) is 1.04. The Kier molecular flexibility index (Phi) is 6.93. The zero-order valence-corrected chi connectivity index (χ0v) is 17.1. The van der Waals surface area contributed by atoms with Crippen LogP contribution in [0.2, 0.25) is 0 Å². The van der Waals surface area contributed by atoms with Gasteiger partial charge in [0, 0.05) is 19.7 Å². The molecule has 150 valence electrons. The summed E-state index contributed by atoms with van der Waals surface area (Å²) in [6.07, 6.45) is 0. The molecule has 0 spiro atoms. The van der Waals surface area contributed by atoms with Crippen LogP contribution in [0.25, 0.3) is 0 Å². The number of ketones is 1. The van der Waals surface area contributed by atoms with Crippen molar-refractivity contribution in [2.75, 3.05) is 27.3 Å². The lowest BCUT2D eigenvalue weighted by atomic mass is 10.1. The van der Waals surface area contributed by atoms with E-state index >= 15 is 0 Å². The van der Waals surface area contributed by atoms with E-state index in [-0.39, 0.29) is 16.2 Å². The van der Waals surface area contributed by atoms with Gasteiger partial charge in [0.05, 0.1) is 17.1 Å². The van der Waals surface area contributed by atoms with Gasteiger partial charge in [-0.25, -0.2) is 17.5 Å². The highest BCUT2D eigenvalue weighted by atomic mass is 32.2. The number of hydrogen-bond donors (Lipinski definition) is 0. The Hall–Kier alpha value is -2.71. The number of aryl methyl sites for hydroxylation is 1. The number of esters is 1. The molecule has 0 aromatic heterocycles. The van der Waals surface area contributed by atoms with Gasteiger partial charge < -0.3 is 9.47 Å². The lowest BCUT2D eigenvalue weighted by molar-refractivity contribution is 0.0473. The van der Waals surface area contributed by atoms with Gasteiger partial charge >= 0.3 is 5.97 Å². The fourth-order valence-corrected chi connectivity index (χ4v) is 3.32. The monoisotopic (exact) mass is 405 g/mol. The molecular formula is C20H23NO6S. The minimum absolute atomic E-state index is 0.0205. The number of ether oxygens (including phenoxy) is 2. The Balaban J connectivity index is 2.11. The predicted molar refractivity (Wildman–Crippen MR) is 104 cm³/mol. The van der Waals surface area contributed by atoms with Gasteiger partial charge in [0.25, 0.3) is 0 Å². The molecule has 2 rings (SSSR count). The van der Waals surface area contributed by atoms with E-state index in [4.69, 9.17) is 9.47 Å². The standard InChI is InChI=1S/C20H23NO6S/c1-5-26-16-9-7-15(8-10-16)19(22)13-27-20(23)18-12-17(11-6-14(18)2)28(24,25)21(3)4/h6-12H,5,13H2,1-4H3. The molecule has 0 aliphatic heterocycles. The summed E-state index contributed by atoms with van der Waals surface area (Å²) in [6, 6.07) is 10.7. The van der Waals surface area contributed by atoms with Gasteiger partial charge in [-0.1, -0.05) is 6.07 Å². The molecule has 0 aliphatic carbocycles. The minimum atomic E-state index is -3.69. The zero-order chi connectivity index (χ0) is 20.9. The maximum absolute atomic E-state index is 12.4. The number of carbonyl (C=O) groups excluding carboxylic acids is 2. The Labute approximate surface area is 164 Å². The summed E-state index contributed by atoms with van der Waals surface area (Å²) in [5, 5.41) is 0. The highest BCUT2D eigenvalue weighted by Crippen LogP contribution is 2.19. The van der Waals surface area contributed by atoms with Crippen molar-refractivity contribution in [2.45, 2.75) is 18.7 Å². The molecule has 0 heterocycles. The smallest absolute Gasteiger partial charge is 0.338 e. The van der Waals surface area contributed by atoms with Crippen molar-refractivity contribution in [3.05, 3.63) is 59.2 Å². The lowest BCUT2D eigenvalue weighted by Gasteiger charge is -2.13. The van der Waals surface area contributed by atoms with Crippen molar-refractivity contribution in [3.63, 3.8) is 0 Å². The molecule has 0 saturated carbocycles. The highest BCUT2D eigenvalue weighted by molar-refractivity contribution is 7.89. The molecule has 0 saturated heterocycles. The van der Waals surface area contributed by atoms with Crippen molar-refractivity contribution in [1.29, 1.82) is 0 Å². The molecule has 8 heteroatoms. The van der Waals surface area contributed by atoms with E-state index in [1.165, 1.54) is 32.3 Å². The molecule has 7 nitrogen and oxygen atoms in total. The fraction of sp³-hybridized carbons (Fsp3) is 0.300. The Bertz CT molecular complexity index is 965. The van der Waals surface area contributed by atoms with E-state index < -0.39 is 22.6 Å². The van der Waals surface area contributed by atoms with Crippen LogP contribution in [0.4, 0.5) is 0 Å². The van der Waals surface area contributed by atoms with E-state index in [1.54, 1.807) is 31.2 Å². The molecule has 0 atom stereocenters. The van der Waals surface area contributed by atoms with Crippen LogP contribution in [0.15, 0.2) is 47.4 Å². The second-order valence-corrected chi connectivity index (χ2v) is 8.37. The maximum Gasteiger partial charge on any atom is 0.338 e. The van der Waals surface area contributed by atoms with Crippen LogP contribution in [0.5, 0.6) is 5.75 Å². The average molecular weight is 405 g/mol. The topological polar surface area (TPSA) is 90.0 Å². The van der Waals surface area contributed by atoms with Crippen LogP contribution in [0, 0.1) is 6.92 Å². The van der Waals surface area contributed by atoms with Crippen LogP contribution < -0.4 is 4.74 Å². The van der Waals surface area contributed by atoms with Crippen molar-refractivity contribution < 1.29 is 27.5 Å². The van der Waals surface area contributed by atoms with Gasteiger partial charge in [-0.15, -0.1) is 0 Å². The first kappa shape index (κ1) is 21.6. The lowest BCUT2D eigenvalue weighted by Crippen LogP contribution is -2.23. The third kappa shape index (κ3) is 4.96. The first-order valence-electron chi connectivity index (χ1n) is 8.63. The predicted octanol–water partition coefficient (Wildman–Crippen LogP) is 2.68. The quantitative estimate of drug-likeness (QED) is 0.495. The first-order valence-corrected chi connectivity index (χ1v) is 10.1. The van der Waals surface area contributed by atoms with Crippen LogP contribution in [-0.2, 0) is 14.8 Å². The van der Waals surface area contributed by atoms with Gasteiger partial charge in [0.2, 0.25) is 10.0 Å². The highest BCUT2D eigenvalue weighted by Gasteiger charge is 2.21. The molecule has 0 bridgehead atoms.